The molecule has 0 aliphatic carbocycles. The molecule has 0 bridgehead atoms. The van der Waals surface area contributed by atoms with E-state index in [9.17, 15) is 9.59 Å². The van der Waals surface area contributed by atoms with Crippen LogP contribution >= 0.6 is 36.4 Å². The first-order chi connectivity index (χ1) is 14.6. The molecule has 2 aromatic carbocycles. The summed E-state index contributed by atoms with van der Waals surface area (Å²) in [5.74, 6) is 0.594. The minimum Gasteiger partial charge on any atom is -0.494 e. The summed E-state index contributed by atoms with van der Waals surface area (Å²) in [5, 5.41) is 4.85. The summed E-state index contributed by atoms with van der Waals surface area (Å²) in [5.41, 5.74) is 0.827. The molecule has 32 heavy (non-hydrogen) atoms. The number of hydrogen-bond donors (Lipinski definition) is 1. The summed E-state index contributed by atoms with van der Waals surface area (Å²) in [4.78, 5) is 31.6. The Balaban J connectivity index is 0.00000144. The normalized spacial score (nSPS) is 15.4. The molecule has 1 atom stereocenters. The number of nitrogens with one attached hydrogen (secondary N) is 1. The van der Waals surface area contributed by atoms with Crippen LogP contribution in [-0.4, -0.2) is 34.3 Å². The molecule has 4 aromatic rings. The Morgan fingerprint density at radius 2 is 1.91 bits per heavy atom. The average Bonchev–Trinajstić information content (AvgIpc) is 3.27. The molecule has 0 saturated carbocycles. The van der Waals surface area contributed by atoms with E-state index in [-0.39, 0.29) is 30.9 Å². The fourth-order valence-electron chi connectivity index (χ4n) is 4.21. The van der Waals surface area contributed by atoms with Crippen molar-refractivity contribution in [1.82, 2.24) is 19.4 Å². The predicted octanol–water partition coefficient (Wildman–Crippen LogP) is 3.74. The van der Waals surface area contributed by atoms with Gasteiger partial charge >= 0.3 is 5.69 Å². The van der Waals surface area contributed by atoms with Crippen molar-refractivity contribution >= 4 is 58.2 Å². The summed E-state index contributed by atoms with van der Waals surface area (Å²) in [6, 6.07) is 12.2. The predicted molar refractivity (Wildman–Crippen MR) is 132 cm³/mol. The number of hydrogen-bond acceptors (Lipinski definition) is 5. The van der Waals surface area contributed by atoms with Gasteiger partial charge in [0.2, 0.25) is 0 Å². The zero-order valence-corrected chi connectivity index (χ0v) is 19.5. The van der Waals surface area contributed by atoms with Crippen molar-refractivity contribution in [3.63, 3.8) is 0 Å². The first-order valence-electron chi connectivity index (χ1n) is 9.70. The van der Waals surface area contributed by atoms with E-state index in [0.717, 1.165) is 13.0 Å². The van der Waals surface area contributed by atoms with Crippen LogP contribution in [0.25, 0.3) is 27.5 Å². The molecule has 5 rings (SSSR count). The fraction of sp³-hybridized carbons (Fsp3) is 0.227. The van der Waals surface area contributed by atoms with Crippen molar-refractivity contribution < 1.29 is 4.74 Å². The van der Waals surface area contributed by atoms with Gasteiger partial charge in [-0.1, -0.05) is 29.8 Å². The molecule has 168 valence electrons. The molecule has 1 aliphatic rings. The fourth-order valence-corrected chi connectivity index (χ4v) is 4.40. The molecule has 1 N–H and O–H groups in total. The second-order valence-electron chi connectivity index (χ2n) is 7.30. The Kier molecular flexibility index (Phi) is 7.15. The summed E-state index contributed by atoms with van der Waals surface area (Å²) in [6.45, 7) is 1.46. The maximum Gasteiger partial charge on any atom is 0.336 e. The van der Waals surface area contributed by atoms with Gasteiger partial charge in [-0.15, -0.1) is 24.8 Å². The number of rotatable bonds is 3. The van der Waals surface area contributed by atoms with E-state index in [4.69, 9.17) is 16.3 Å². The number of pyridine rings is 1. The smallest absolute Gasteiger partial charge is 0.336 e. The minimum atomic E-state index is -0.420. The lowest BCUT2D eigenvalue weighted by Crippen LogP contribution is -2.41. The van der Waals surface area contributed by atoms with Crippen molar-refractivity contribution in [2.24, 2.45) is 0 Å². The van der Waals surface area contributed by atoms with Crippen molar-refractivity contribution in [3.8, 4) is 11.4 Å². The molecule has 1 fully saturated rings. The van der Waals surface area contributed by atoms with Crippen LogP contribution in [0.4, 0.5) is 0 Å². The highest BCUT2D eigenvalue weighted by molar-refractivity contribution is 6.30. The van der Waals surface area contributed by atoms with Crippen molar-refractivity contribution in [3.05, 3.63) is 74.5 Å². The van der Waals surface area contributed by atoms with Crippen molar-refractivity contribution in [1.29, 1.82) is 0 Å². The number of halogens is 3. The van der Waals surface area contributed by atoms with Crippen LogP contribution in [-0.2, 0) is 0 Å². The van der Waals surface area contributed by atoms with Gasteiger partial charge in [0.05, 0.1) is 29.7 Å². The highest BCUT2D eigenvalue weighted by atomic mass is 35.5. The number of fused-ring (bicyclic) bond motifs is 3. The van der Waals surface area contributed by atoms with Crippen LogP contribution in [0.2, 0.25) is 5.02 Å². The van der Waals surface area contributed by atoms with E-state index in [1.165, 1.54) is 10.8 Å². The molecular weight excluding hydrogens is 475 g/mol. The summed E-state index contributed by atoms with van der Waals surface area (Å²) in [7, 11) is 1.58. The maximum absolute atomic E-state index is 13.7. The molecular formula is C22H21Cl3N4O3. The zero-order valence-electron chi connectivity index (χ0n) is 17.1. The van der Waals surface area contributed by atoms with Crippen LogP contribution in [0.15, 0.2) is 58.3 Å². The van der Waals surface area contributed by atoms with Crippen LogP contribution < -0.4 is 21.3 Å². The van der Waals surface area contributed by atoms with E-state index in [0.29, 0.717) is 44.8 Å². The highest BCUT2D eigenvalue weighted by Gasteiger charge is 2.25. The number of aromatic nitrogens is 3. The zero-order chi connectivity index (χ0) is 20.8. The Hall–Kier alpha value is -2.58. The number of para-hydroxylation sites is 1. The highest BCUT2D eigenvalue weighted by Crippen LogP contribution is 2.30. The molecule has 1 aliphatic heterocycles. The van der Waals surface area contributed by atoms with E-state index >= 15 is 0 Å². The third-order valence-electron chi connectivity index (χ3n) is 5.59. The van der Waals surface area contributed by atoms with Crippen LogP contribution in [0.1, 0.15) is 12.5 Å². The monoisotopic (exact) mass is 494 g/mol. The largest absolute Gasteiger partial charge is 0.494 e. The van der Waals surface area contributed by atoms with Gasteiger partial charge in [-0.05, 0) is 37.2 Å². The van der Waals surface area contributed by atoms with E-state index in [1.54, 1.807) is 35.9 Å². The van der Waals surface area contributed by atoms with Gasteiger partial charge in [0.15, 0.2) is 0 Å². The van der Waals surface area contributed by atoms with Crippen molar-refractivity contribution in [2.45, 2.75) is 12.5 Å². The lowest BCUT2D eigenvalue weighted by atomic mass is 10.1. The summed E-state index contributed by atoms with van der Waals surface area (Å²) < 4.78 is 8.35. The molecule has 1 unspecified atom stereocenters. The van der Waals surface area contributed by atoms with Gasteiger partial charge in [0, 0.05) is 23.2 Å². The third kappa shape index (κ3) is 3.75. The second kappa shape index (κ2) is 9.50. The maximum atomic E-state index is 13.7. The van der Waals surface area contributed by atoms with E-state index in [2.05, 4.69) is 10.3 Å². The molecule has 3 heterocycles. The van der Waals surface area contributed by atoms with Crippen LogP contribution in [0, 0.1) is 0 Å². The number of nitrogens with zero attached hydrogens (tertiary/aromatic N) is 3. The lowest BCUT2D eigenvalue weighted by molar-refractivity contribution is 0.419. The SMILES string of the molecule is COc1cccc2c1ncc1c(=O)n(-c3cccc(Cl)c3)c(=O)n(C3CCNC3)c12.Cl.Cl. The molecule has 10 heteroatoms. The standard InChI is InChI=1S/C22H19ClN4O3.2ClH/c1-30-18-7-3-6-16-19(18)25-12-17-20(16)26(15-8-9-24-11-15)22(29)27(21(17)28)14-5-2-4-13(23)10-14;;/h2-7,10,12,15,24H,8-9,11H2,1H3;2*1H. The Morgan fingerprint density at radius 1 is 1.12 bits per heavy atom. The second-order valence-corrected chi connectivity index (χ2v) is 7.73. The molecule has 7 nitrogen and oxygen atoms in total. The molecule has 0 amide bonds. The van der Waals surface area contributed by atoms with Gasteiger partial charge in [0.1, 0.15) is 11.3 Å². The topological polar surface area (TPSA) is 78.2 Å². The Bertz CT molecular complexity index is 1410. The minimum absolute atomic E-state index is 0. The van der Waals surface area contributed by atoms with Crippen LogP contribution in [0.5, 0.6) is 5.75 Å². The van der Waals surface area contributed by atoms with Gasteiger partial charge in [-0.3, -0.25) is 14.3 Å². The molecule has 1 saturated heterocycles. The van der Waals surface area contributed by atoms with E-state index < -0.39 is 11.2 Å². The first-order valence-corrected chi connectivity index (χ1v) is 10.1. The van der Waals surface area contributed by atoms with Gasteiger partial charge in [-0.25, -0.2) is 9.36 Å². The van der Waals surface area contributed by atoms with Gasteiger partial charge < -0.3 is 10.1 Å². The van der Waals surface area contributed by atoms with E-state index in [1.807, 2.05) is 18.2 Å². The Morgan fingerprint density at radius 3 is 2.59 bits per heavy atom. The third-order valence-corrected chi connectivity index (χ3v) is 5.82. The van der Waals surface area contributed by atoms with Crippen molar-refractivity contribution in [2.75, 3.05) is 20.2 Å². The van der Waals surface area contributed by atoms with Gasteiger partial charge in [0.25, 0.3) is 5.56 Å². The molecule has 0 radical (unpaired) electrons. The first kappa shape index (κ1) is 24.1. The number of ether oxygens (including phenoxy) is 1. The van der Waals surface area contributed by atoms with Crippen LogP contribution in [0.3, 0.4) is 0 Å². The molecule has 0 spiro atoms. The Labute approximate surface area is 200 Å². The summed E-state index contributed by atoms with van der Waals surface area (Å²) >= 11 is 6.14. The number of benzene rings is 2. The average molecular weight is 496 g/mol. The number of methoxy groups -OCH3 is 1. The lowest BCUT2D eigenvalue weighted by Gasteiger charge is -2.20. The molecule has 2 aromatic heterocycles. The quantitative estimate of drug-likeness (QED) is 0.438. The summed E-state index contributed by atoms with van der Waals surface area (Å²) in [6.07, 6.45) is 2.32. The van der Waals surface area contributed by atoms with Gasteiger partial charge in [-0.2, -0.15) is 0 Å².